The van der Waals surface area contributed by atoms with Crippen molar-refractivity contribution in [2.45, 2.75) is 66.2 Å². The molecule has 0 fully saturated rings. The van der Waals surface area contributed by atoms with Gasteiger partial charge in [0.1, 0.15) is 0 Å². The SMILES string of the molecule is Cc1cccnc1-c1cc(C(C)(C)C)ccn1.Cc1cccnc1-c1cc(C(C)(C)C)ccn1.F[P-](F)(F)(F)(F)F.Fc1c[c-]c(-c2[c-]cc(F)cc2F)c(F)c1.[Ir]. The zero-order valence-electron chi connectivity index (χ0n) is 32.6. The van der Waals surface area contributed by atoms with E-state index >= 15 is 0 Å². The van der Waals surface area contributed by atoms with Crippen LogP contribution >= 0.6 is 7.81 Å². The smallest absolute Gasteiger partial charge is 0.0391 e. The fourth-order valence-electron chi connectivity index (χ4n) is 4.83. The van der Waals surface area contributed by atoms with Crippen molar-refractivity contribution in [2.24, 2.45) is 0 Å². The first kappa shape index (κ1) is 49.6. The molecule has 0 unspecified atom stereocenters. The quantitative estimate of drug-likeness (QED) is 0.101. The van der Waals surface area contributed by atoms with Crippen LogP contribution in [0.4, 0.5) is 42.7 Å². The van der Waals surface area contributed by atoms with E-state index in [4.69, 9.17) is 0 Å². The van der Waals surface area contributed by atoms with Gasteiger partial charge in [-0.05, 0) is 95.0 Å². The summed E-state index contributed by atoms with van der Waals surface area (Å²) < 4.78 is 111. The molecule has 1 radical (unpaired) electrons. The minimum absolute atomic E-state index is 0. The standard InChI is InChI=1S/2C15H18N2.C12H4F4.F6P.Ir/c2*1-11-6-5-8-17-14(11)13-10-12(7-9-16-13)15(2,3)4;13-7-1-3-9(11(15)5-7)10-4-2-8(14)6-12(10)16;1-7(2,3,4,5)6;/h2*5-10H,1-4H3;1-2,5-6H;;/q;;-2;-1;. The third-order valence-electron chi connectivity index (χ3n) is 7.72. The van der Waals surface area contributed by atoms with Gasteiger partial charge in [-0.2, -0.15) is 23.3 Å². The molecular formula is C42H40F10IrN4P-3. The Morgan fingerprint density at radius 3 is 1.10 bits per heavy atom. The molecule has 6 rings (SSSR count). The van der Waals surface area contributed by atoms with Crippen molar-refractivity contribution in [3.8, 4) is 33.9 Å². The van der Waals surface area contributed by atoms with Crippen molar-refractivity contribution in [3.63, 3.8) is 0 Å². The number of aromatic nitrogens is 4. The normalized spacial score (nSPS) is 12.4. The maximum Gasteiger partial charge on any atom is 0.0391 e. The van der Waals surface area contributed by atoms with Crippen LogP contribution in [0.25, 0.3) is 33.9 Å². The van der Waals surface area contributed by atoms with Crippen LogP contribution in [0.1, 0.15) is 63.8 Å². The molecule has 315 valence electrons. The summed E-state index contributed by atoms with van der Waals surface area (Å²) >= 11 is 0. The summed E-state index contributed by atoms with van der Waals surface area (Å²) in [6, 6.07) is 23.9. The van der Waals surface area contributed by atoms with Gasteiger partial charge in [0.25, 0.3) is 0 Å². The van der Waals surface area contributed by atoms with Crippen molar-refractivity contribution < 1.29 is 62.8 Å². The fourth-order valence-corrected chi connectivity index (χ4v) is 4.83. The van der Waals surface area contributed by atoms with E-state index in [0.29, 0.717) is 12.1 Å². The zero-order valence-corrected chi connectivity index (χ0v) is 35.9. The van der Waals surface area contributed by atoms with Gasteiger partial charge >= 0.3 is 33.0 Å². The monoisotopic (exact) mass is 1010 g/mol. The summed E-state index contributed by atoms with van der Waals surface area (Å²) in [5, 5.41) is 0. The third-order valence-corrected chi connectivity index (χ3v) is 7.72. The Morgan fingerprint density at radius 2 is 0.828 bits per heavy atom. The molecule has 0 saturated heterocycles. The molecule has 4 nitrogen and oxygen atoms in total. The molecule has 6 aromatic rings. The maximum absolute atomic E-state index is 13.3. The molecule has 0 spiro atoms. The van der Waals surface area contributed by atoms with E-state index in [-0.39, 0.29) is 42.1 Å². The van der Waals surface area contributed by atoms with Gasteiger partial charge < -0.3 is 0 Å². The first-order chi connectivity index (χ1) is 26.0. The van der Waals surface area contributed by atoms with Gasteiger partial charge in [-0.15, -0.1) is 12.1 Å². The van der Waals surface area contributed by atoms with E-state index < -0.39 is 31.1 Å². The molecule has 2 aromatic carbocycles. The summed E-state index contributed by atoms with van der Waals surface area (Å²) in [5.41, 5.74) is 8.46. The Balaban J connectivity index is 0.000000275. The van der Waals surface area contributed by atoms with Crippen molar-refractivity contribution >= 4 is 7.81 Å². The number of nitrogens with zero attached hydrogens (tertiary/aromatic N) is 4. The van der Waals surface area contributed by atoms with Crippen LogP contribution in [0.15, 0.2) is 97.6 Å². The van der Waals surface area contributed by atoms with Crippen molar-refractivity contribution in [1.82, 2.24) is 19.9 Å². The second-order valence-electron chi connectivity index (χ2n) is 14.7. The number of hydrogen-bond acceptors (Lipinski definition) is 4. The predicted molar refractivity (Wildman–Crippen MR) is 205 cm³/mol. The van der Waals surface area contributed by atoms with E-state index in [2.05, 4.69) is 124 Å². The van der Waals surface area contributed by atoms with Crippen LogP contribution in [0, 0.1) is 49.2 Å². The fraction of sp³-hybridized carbons (Fsp3) is 0.238. The van der Waals surface area contributed by atoms with Crippen molar-refractivity contribution in [3.05, 3.63) is 155 Å². The Morgan fingerprint density at radius 1 is 0.500 bits per heavy atom. The molecule has 4 aromatic heterocycles. The molecule has 0 saturated carbocycles. The minimum Gasteiger partial charge on any atom is -0.276 e. The number of benzene rings is 2. The molecule has 16 heteroatoms. The average Bonchev–Trinajstić information content (AvgIpc) is 3.08. The van der Waals surface area contributed by atoms with Gasteiger partial charge in [0, 0.05) is 56.5 Å². The van der Waals surface area contributed by atoms with Crippen molar-refractivity contribution in [1.29, 1.82) is 0 Å². The third kappa shape index (κ3) is 17.1. The molecule has 0 atom stereocenters. The minimum atomic E-state index is -10.7. The van der Waals surface area contributed by atoms with Crippen LogP contribution < -0.4 is 0 Å². The topological polar surface area (TPSA) is 51.6 Å². The number of pyridine rings is 4. The molecule has 0 aliphatic carbocycles. The molecule has 0 N–H and O–H groups in total. The Kier molecular flexibility index (Phi) is 15.9. The Bertz CT molecular complexity index is 2150. The van der Waals surface area contributed by atoms with E-state index in [1.54, 1.807) is 0 Å². The maximum atomic E-state index is 13.3. The average molecular weight is 1010 g/mol. The van der Waals surface area contributed by atoms with Crippen LogP contribution in [0.2, 0.25) is 0 Å². The Hall–Kier alpha value is -4.58. The summed E-state index contributed by atoms with van der Waals surface area (Å²) in [6.45, 7) is 17.4. The van der Waals surface area contributed by atoms with Crippen LogP contribution in [0.3, 0.4) is 0 Å². The van der Waals surface area contributed by atoms with E-state index in [1.807, 2.05) is 36.9 Å². The second kappa shape index (κ2) is 18.6. The van der Waals surface area contributed by atoms with E-state index in [0.717, 1.165) is 46.0 Å². The predicted octanol–water partition coefficient (Wildman–Crippen LogP) is 14.4. The largest absolute Gasteiger partial charge is 0.276 e. The van der Waals surface area contributed by atoms with Gasteiger partial charge in [-0.3, -0.25) is 37.5 Å². The number of aryl methyl sites for hydroxylation is 2. The molecule has 4 heterocycles. The molecular weight excluding hydrogens is 974 g/mol. The summed E-state index contributed by atoms with van der Waals surface area (Å²) in [6.07, 6.45) is 7.36. The number of hydrogen-bond donors (Lipinski definition) is 0. The molecule has 58 heavy (non-hydrogen) atoms. The Labute approximate surface area is 344 Å². The van der Waals surface area contributed by atoms with E-state index in [9.17, 15) is 42.7 Å². The van der Waals surface area contributed by atoms with Gasteiger partial charge in [0.05, 0.1) is 22.8 Å². The summed E-state index contributed by atoms with van der Waals surface area (Å²) in [5.74, 6) is -3.57. The molecule has 0 amide bonds. The molecule has 0 bridgehead atoms. The van der Waals surface area contributed by atoms with Gasteiger partial charge in [0.2, 0.25) is 0 Å². The second-order valence-corrected chi connectivity index (χ2v) is 16.7. The first-order valence-electron chi connectivity index (χ1n) is 17.1. The van der Waals surface area contributed by atoms with Crippen LogP contribution in [-0.4, -0.2) is 19.9 Å². The number of halogens is 10. The molecule has 0 aliphatic rings. The van der Waals surface area contributed by atoms with E-state index in [1.165, 1.54) is 11.1 Å². The number of rotatable bonds is 3. The summed E-state index contributed by atoms with van der Waals surface area (Å²) in [7, 11) is -10.7. The van der Waals surface area contributed by atoms with Gasteiger partial charge in [-0.25, -0.2) is 0 Å². The zero-order chi connectivity index (χ0) is 43.0. The van der Waals surface area contributed by atoms with Gasteiger partial charge in [0.15, 0.2) is 0 Å². The van der Waals surface area contributed by atoms with Gasteiger partial charge in [-0.1, -0.05) is 65.8 Å². The molecule has 0 aliphatic heterocycles. The van der Waals surface area contributed by atoms with Crippen LogP contribution in [-0.2, 0) is 30.9 Å². The first-order valence-corrected chi connectivity index (χ1v) is 19.1. The summed E-state index contributed by atoms with van der Waals surface area (Å²) in [4.78, 5) is 17.7. The van der Waals surface area contributed by atoms with Crippen LogP contribution in [0.5, 0.6) is 0 Å². The van der Waals surface area contributed by atoms with Crippen molar-refractivity contribution in [2.75, 3.05) is 0 Å².